The van der Waals surface area contributed by atoms with Gasteiger partial charge in [-0.25, -0.2) is 5.43 Å². The molecule has 2 aromatic carbocycles. The van der Waals surface area contributed by atoms with E-state index in [4.69, 9.17) is 27.9 Å². The number of carbonyl (C=O) groups excluding carboxylic acids is 1. The molecule has 2 aromatic rings. The van der Waals surface area contributed by atoms with Crippen molar-refractivity contribution in [3.8, 4) is 5.75 Å². The van der Waals surface area contributed by atoms with Gasteiger partial charge in [-0.15, -0.1) is 0 Å². The molecule has 24 heavy (non-hydrogen) atoms. The van der Waals surface area contributed by atoms with Crippen LogP contribution in [-0.2, 0) is 4.79 Å². The minimum atomic E-state index is -0.376. The quantitative estimate of drug-likeness (QED) is 0.629. The maximum absolute atomic E-state index is 11.8. The fourth-order valence-corrected chi connectivity index (χ4v) is 2.52. The van der Waals surface area contributed by atoms with Gasteiger partial charge in [0.05, 0.1) is 11.2 Å². The lowest BCUT2D eigenvalue weighted by Crippen LogP contribution is -2.24. The largest absolute Gasteiger partial charge is 0.482 e. The summed E-state index contributed by atoms with van der Waals surface area (Å²) in [5.74, 6) is 0.0175. The molecule has 0 aliphatic heterocycles. The summed E-state index contributed by atoms with van der Waals surface area (Å²) < 4.78 is 5.34. The number of nitrogens with one attached hydrogen (secondary N) is 1. The standard InChI is InChI=1S/C18H18Cl2N2O2/c1-11-4-5-14(13(3)12(11)2)9-21-22-18(23)10-24-17-7-6-15(19)8-16(17)20/h4-9H,10H2,1-3H3,(H,22,23)/b21-9+. The molecule has 1 amide bonds. The van der Waals surface area contributed by atoms with Crippen LogP contribution in [-0.4, -0.2) is 18.7 Å². The van der Waals surface area contributed by atoms with E-state index in [1.165, 1.54) is 11.1 Å². The number of hydrogen-bond donors (Lipinski definition) is 1. The van der Waals surface area contributed by atoms with Crippen molar-refractivity contribution in [1.82, 2.24) is 5.43 Å². The number of hydrazone groups is 1. The highest BCUT2D eigenvalue weighted by atomic mass is 35.5. The number of carbonyl (C=O) groups is 1. The fourth-order valence-electron chi connectivity index (χ4n) is 2.06. The highest BCUT2D eigenvalue weighted by Crippen LogP contribution is 2.27. The molecular formula is C18H18Cl2N2O2. The third-order valence-electron chi connectivity index (χ3n) is 3.75. The van der Waals surface area contributed by atoms with Gasteiger partial charge in [0.1, 0.15) is 5.75 Å². The van der Waals surface area contributed by atoms with Crippen molar-refractivity contribution in [2.75, 3.05) is 6.61 Å². The summed E-state index contributed by atoms with van der Waals surface area (Å²) in [7, 11) is 0. The van der Waals surface area contributed by atoms with Gasteiger partial charge in [0, 0.05) is 5.02 Å². The van der Waals surface area contributed by atoms with Crippen molar-refractivity contribution in [3.63, 3.8) is 0 Å². The molecule has 126 valence electrons. The molecule has 0 bridgehead atoms. The number of aryl methyl sites for hydroxylation is 1. The van der Waals surface area contributed by atoms with Gasteiger partial charge in [0.2, 0.25) is 0 Å². The summed E-state index contributed by atoms with van der Waals surface area (Å²) in [4.78, 5) is 11.8. The molecule has 0 fully saturated rings. The SMILES string of the molecule is Cc1ccc(/C=N/NC(=O)COc2ccc(Cl)cc2Cl)c(C)c1C. The number of nitrogens with zero attached hydrogens (tertiary/aromatic N) is 1. The van der Waals surface area contributed by atoms with Crippen LogP contribution < -0.4 is 10.2 Å². The highest BCUT2D eigenvalue weighted by Gasteiger charge is 2.06. The van der Waals surface area contributed by atoms with Crippen molar-refractivity contribution in [2.24, 2.45) is 5.10 Å². The van der Waals surface area contributed by atoms with Crippen molar-refractivity contribution in [1.29, 1.82) is 0 Å². The van der Waals surface area contributed by atoms with E-state index in [1.54, 1.807) is 24.4 Å². The normalized spacial score (nSPS) is 10.9. The Morgan fingerprint density at radius 2 is 1.92 bits per heavy atom. The first-order valence-electron chi connectivity index (χ1n) is 7.35. The first-order valence-corrected chi connectivity index (χ1v) is 8.10. The van der Waals surface area contributed by atoms with Crippen molar-refractivity contribution < 1.29 is 9.53 Å². The molecule has 0 saturated heterocycles. The van der Waals surface area contributed by atoms with E-state index < -0.39 is 0 Å². The van der Waals surface area contributed by atoms with E-state index in [2.05, 4.69) is 24.4 Å². The van der Waals surface area contributed by atoms with Gasteiger partial charge in [-0.1, -0.05) is 35.3 Å². The highest BCUT2D eigenvalue weighted by molar-refractivity contribution is 6.35. The Bertz CT molecular complexity index is 789. The van der Waals surface area contributed by atoms with Crippen LogP contribution in [0.25, 0.3) is 0 Å². The Morgan fingerprint density at radius 1 is 1.17 bits per heavy atom. The predicted octanol–water partition coefficient (Wildman–Crippen LogP) is 4.45. The molecule has 0 aromatic heterocycles. The third kappa shape index (κ3) is 4.73. The Labute approximate surface area is 151 Å². The zero-order chi connectivity index (χ0) is 17.7. The molecule has 0 spiro atoms. The molecule has 0 unspecified atom stereocenters. The van der Waals surface area contributed by atoms with E-state index in [-0.39, 0.29) is 12.5 Å². The number of benzene rings is 2. The molecule has 0 atom stereocenters. The second kappa shape index (κ2) is 8.18. The predicted molar refractivity (Wildman–Crippen MR) is 98.3 cm³/mol. The van der Waals surface area contributed by atoms with Crippen LogP contribution >= 0.6 is 23.2 Å². The number of rotatable bonds is 5. The van der Waals surface area contributed by atoms with Crippen LogP contribution in [0.15, 0.2) is 35.4 Å². The Morgan fingerprint density at radius 3 is 2.62 bits per heavy atom. The van der Waals surface area contributed by atoms with Crippen molar-refractivity contribution in [3.05, 3.63) is 62.6 Å². The summed E-state index contributed by atoms with van der Waals surface area (Å²) in [6.07, 6.45) is 1.62. The maximum atomic E-state index is 11.8. The molecule has 0 radical (unpaired) electrons. The van der Waals surface area contributed by atoms with E-state index >= 15 is 0 Å². The molecule has 4 nitrogen and oxygen atoms in total. The molecule has 0 aliphatic rings. The summed E-state index contributed by atoms with van der Waals surface area (Å²) in [6, 6.07) is 8.80. The summed E-state index contributed by atoms with van der Waals surface area (Å²) in [5.41, 5.74) is 6.96. The maximum Gasteiger partial charge on any atom is 0.277 e. The van der Waals surface area contributed by atoms with Gasteiger partial charge in [0.15, 0.2) is 6.61 Å². The van der Waals surface area contributed by atoms with Crippen LogP contribution in [0.4, 0.5) is 0 Å². The molecule has 0 saturated carbocycles. The third-order valence-corrected chi connectivity index (χ3v) is 4.28. The summed E-state index contributed by atoms with van der Waals surface area (Å²) in [5, 5.41) is 4.82. The van der Waals surface area contributed by atoms with Gasteiger partial charge in [0.25, 0.3) is 5.91 Å². The van der Waals surface area contributed by atoms with Crippen LogP contribution in [0, 0.1) is 20.8 Å². The average molecular weight is 365 g/mol. The van der Waals surface area contributed by atoms with E-state index in [1.807, 2.05) is 19.1 Å². The van der Waals surface area contributed by atoms with Gasteiger partial charge in [-0.2, -0.15) is 5.10 Å². The minimum Gasteiger partial charge on any atom is -0.482 e. The lowest BCUT2D eigenvalue weighted by molar-refractivity contribution is -0.123. The molecule has 6 heteroatoms. The summed E-state index contributed by atoms with van der Waals surface area (Å²) in [6.45, 7) is 5.95. The molecular weight excluding hydrogens is 347 g/mol. The second-order valence-electron chi connectivity index (χ2n) is 5.38. The van der Waals surface area contributed by atoms with Crippen LogP contribution in [0.2, 0.25) is 10.0 Å². The van der Waals surface area contributed by atoms with E-state index in [9.17, 15) is 4.79 Å². The molecule has 2 rings (SSSR count). The molecule has 0 aliphatic carbocycles. The number of ether oxygens (including phenoxy) is 1. The Hall–Kier alpha value is -2.04. The van der Waals surface area contributed by atoms with Gasteiger partial charge >= 0.3 is 0 Å². The minimum absolute atomic E-state index is 0.190. The topological polar surface area (TPSA) is 50.7 Å². The van der Waals surface area contributed by atoms with Crippen molar-refractivity contribution >= 4 is 35.3 Å². The van der Waals surface area contributed by atoms with Gasteiger partial charge in [-0.3, -0.25) is 4.79 Å². The Balaban J connectivity index is 1.90. The number of amides is 1. The van der Waals surface area contributed by atoms with E-state index in [0.717, 1.165) is 11.1 Å². The van der Waals surface area contributed by atoms with Crippen LogP contribution in [0.3, 0.4) is 0 Å². The van der Waals surface area contributed by atoms with Crippen LogP contribution in [0.5, 0.6) is 5.75 Å². The van der Waals surface area contributed by atoms with E-state index in [0.29, 0.717) is 15.8 Å². The molecule has 1 N–H and O–H groups in total. The van der Waals surface area contributed by atoms with Crippen molar-refractivity contribution in [2.45, 2.75) is 20.8 Å². The lowest BCUT2D eigenvalue weighted by atomic mass is 10.00. The Kier molecular flexibility index (Phi) is 6.23. The number of halogens is 2. The monoisotopic (exact) mass is 364 g/mol. The zero-order valence-electron chi connectivity index (χ0n) is 13.7. The fraction of sp³-hybridized carbons (Fsp3) is 0.222. The lowest BCUT2D eigenvalue weighted by Gasteiger charge is -2.08. The first kappa shape index (κ1) is 18.3. The molecule has 0 heterocycles. The van der Waals surface area contributed by atoms with Crippen LogP contribution in [0.1, 0.15) is 22.3 Å². The van der Waals surface area contributed by atoms with Gasteiger partial charge < -0.3 is 4.74 Å². The average Bonchev–Trinajstić information content (AvgIpc) is 2.54. The first-order chi connectivity index (χ1) is 11.4. The smallest absolute Gasteiger partial charge is 0.277 e. The number of hydrogen-bond acceptors (Lipinski definition) is 3. The zero-order valence-corrected chi connectivity index (χ0v) is 15.2. The summed E-state index contributed by atoms with van der Waals surface area (Å²) >= 11 is 11.8. The second-order valence-corrected chi connectivity index (χ2v) is 6.22. The van der Waals surface area contributed by atoms with Gasteiger partial charge in [-0.05, 0) is 61.2 Å².